The first-order chi connectivity index (χ1) is 8.66. The highest BCUT2D eigenvalue weighted by molar-refractivity contribution is 9.10. The van der Waals surface area contributed by atoms with Crippen LogP contribution in [0.4, 0.5) is 5.69 Å². The van der Waals surface area contributed by atoms with Gasteiger partial charge in [-0.3, -0.25) is 4.79 Å². The Balaban J connectivity index is 2.02. The Hall–Kier alpha value is -1.13. The lowest BCUT2D eigenvalue weighted by Gasteiger charge is -2.22. The van der Waals surface area contributed by atoms with Crippen molar-refractivity contribution in [3.05, 3.63) is 50.6 Å². The van der Waals surface area contributed by atoms with Crippen LogP contribution in [0.25, 0.3) is 0 Å². The molecule has 92 valence electrons. The molecular formula is C14H12BrNOS. The maximum absolute atomic E-state index is 12.5. The number of fused-ring (bicyclic) bond motifs is 1. The zero-order valence-electron chi connectivity index (χ0n) is 9.89. The molecule has 1 aliphatic rings. The Bertz CT molecular complexity index is 594. The number of halogens is 1. The average molecular weight is 322 g/mol. The number of benzene rings is 1. The van der Waals surface area contributed by atoms with Gasteiger partial charge in [-0.1, -0.05) is 22.0 Å². The van der Waals surface area contributed by atoms with Crippen molar-refractivity contribution in [2.75, 3.05) is 4.90 Å². The Labute approximate surface area is 118 Å². The van der Waals surface area contributed by atoms with Gasteiger partial charge in [0.1, 0.15) is 0 Å². The van der Waals surface area contributed by atoms with Crippen molar-refractivity contribution in [1.82, 2.24) is 0 Å². The van der Waals surface area contributed by atoms with Crippen molar-refractivity contribution in [2.45, 2.75) is 19.4 Å². The second-order valence-corrected chi connectivity index (χ2v) is 6.34. The van der Waals surface area contributed by atoms with Crippen LogP contribution in [0.5, 0.6) is 0 Å². The van der Waals surface area contributed by atoms with Crippen molar-refractivity contribution in [2.24, 2.45) is 0 Å². The molecule has 1 aromatic heterocycles. The van der Waals surface area contributed by atoms with Crippen LogP contribution in [-0.2, 0) is 6.42 Å². The fraction of sp³-hybridized carbons (Fsp3) is 0.214. The summed E-state index contributed by atoms with van der Waals surface area (Å²) in [5, 5.41) is 1.94. The molecule has 0 saturated carbocycles. The first-order valence-corrected chi connectivity index (χ1v) is 7.49. The Morgan fingerprint density at radius 1 is 1.44 bits per heavy atom. The molecule has 18 heavy (non-hydrogen) atoms. The summed E-state index contributed by atoms with van der Waals surface area (Å²) in [5.74, 6) is 0.110. The van der Waals surface area contributed by atoms with Gasteiger partial charge in [-0.15, -0.1) is 11.3 Å². The molecule has 0 fully saturated rings. The molecule has 0 bridgehead atoms. The van der Waals surface area contributed by atoms with Crippen LogP contribution in [0.2, 0.25) is 0 Å². The normalized spacial score (nSPS) is 17.9. The Morgan fingerprint density at radius 3 is 3.00 bits per heavy atom. The predicted molar refractivity (Wildman–Crippen MR) is 78.4 cm³/mol. The lowest BCUT2D eigenvalue weighted by atomic mass is 10.1. The molecule has 2 aromatic rings. The summed E-state index contributed by atoms with van der Waals surface area (Å²) in [6.07, 6.45) is 0.923. The van der Waals surface area contributed by atoms with Gasteiger partial charge in [-0.25, -0.2) is 0 Å². The van der Waals surface area contributed by atoms with Crippen molar-refractivity contribution in [3.8, 4) is 0 Å². The first kappa shape index (κ1) is 11.9. The number of anilines is 1. The molecule has 0 saturated heterocycles. The number of carbonyl (C=O) groups excluding carboxylic acids is 1. The molecule has 0 aliphatic carbocycles. The van der Waals surface area contributed by atoms with E-state index in [9.17, 15) is 4.79 Å². The zero-order chi connectivity index (χ0) is 12.7. The largest absolute Gasteiger partial charge is 0.304 e. The molecule has 0 N–H and O–H groups in total. The van der Waals surface area contributed by atoms with Gasteiger partial charge in [-0.2, -0.15) is 0 Å². The lowest BCUT2D eigenvalue weighted by Crippen LogP contribution is -2.35. The molecule has 0 radical (unpaired) electrons. The summed E-state index contributed by atoms with van der Waals surface area (Å²) in [6.45, 7) is 2.10. The highest BCUT2D eigenvalue weighted by Crippen LogP contribution is 2.35. The minimum absolute atomic E-state index is 0.110. The van der Waals surface area contributed by atoms with Crippen LogP contribution in [0.1, 0.15) is 22.2 Å². The van der Waals surface area contributed by atoms with Gasteiger partial charge in [0.05, 0.1) is 4.88 Å². The van der Waals surface area contributed by atoms with E-state index in [1.54, 1.807) is 0 Å². The maximum Gasteiger partial charge on any atom is 0.268 e. The fourth-order valence-electron chi connectivity index (χ4n) is 2.43. The molecule has 4 heteroatoms. The second kappa shape index (κ2) is 4.52. The summed E-state index contributed by atoms with van der Waals surface area (Å²) >= 11 is 4.98. The van der Waals surface area contributed by atoms with E-state index in [1.807, 2.05) is 34.5 Å². The smallest absolute Gasteiger partial charge is 0.268 e. The van der Waals surface area contributed by atoms with Crippen molar-refractivity contribution in [1.29, 1.82) is 0 Å². The van der Waals surface area contributed by atoms with E-state index in [1.165, 1.54) is 16.9 Å². The van der Waals surface area contributed by atoms with Gasteiger partial charge in [0.25, 0.3) is 5.91 Å². The number of carbonyl (C=O) groups is 1. The van der Waals surface area contributed by atoms with Gasteiger partial charge in [-0.05, 0) is 48.6 Å². The van der Waals surface area contributed by atoms with Gasteiger partial charge >= 0.3 is 0 Å². The number of hydrogen-bond donors (Lipinski definition) is 0. The van der Waals surface area contributed by atoms with Gasteiger partial charge < -0.3 is 4.90 Å². The number of thiophene rings is 1. The predicted octanol–water partition coefficient (Wildman–Crippen LogP) is 4.10. The number of hydrogen-bond acceptors (Lipinski definition) is 2. The highest BCUT2D eigenvalue weighted by atomic mass is 79.9. The van der Waals surface area contributed by atoms with Crippen molar-refractivity contribution >= 4 is 38.9 Å². The van der Waals surface area contributed by atoms with Gasteiger partial charge in [0.2, 0.25) is 0 Å². The first-order valence-electron chi connectivity index (χ1n) is 5.82. The van der Waals surface area contributed by atoms with E-state index in [-0.39, 0.29) is 11.9 Å². The quantitative estimate of drug-likeness (QED) is 0.774. The third-order valence-corrected chi connectivity index (χ3v) is 4.56. The molecule has 2 nitrogen and oxygen atoms in total. The maximum atomic E-state index is 12.5. The monoisotopic (exact) mass is 321 g/mol. The van der Waals surface area contributed by atoms with Crippen LogP contribution in [0.15, 0.2) is 40.2 Å². The van der Waals surface area contributed by atoms with Gasteiger partial charge in [0.15, 0.2) is 0 Å². The highest BCUT2D eigenvalue weighted by Gasteiger charge is 2.31. The summed E-state index contributed by atoms with van der Waals surface area (Å²) in [6, 6.07) is 10.1. The van der Waals surface area contributed by atoms with E-state index >= 15 is 0 Å². The molecule has 1 amide bonds. The average Bonchev–Trinajstić information content (AvgIpc) is 2.94. The van der Waals surface area contributed by atoms with Crippen LogP contribution in [0.3, 0.4) is 0 Å². The van der Waals surface area contributed by atoms with Crippen LogP contribution >= 0.6 is 27.3 Å². The molecule has 2 heterocycles. The number of rotatable bonds is 1. The summed E-state index contributed by atoms with van der Waals surface area (Å²) < 4.78 is 1.07. The molecule has 0 spiro atoms. The molecule has 1 aromatic carbocycles. The van der Waals surface area contributed by atoms with Gasteiger partial charge in [0, 0.05) is 16.2 Å². The van der Waals surface area contributed by atoms with Crippen molar-refractivity contribution < 1.29 is 4.79 Å². The Morgan fingerprint density at radius 2 is 2.28 bits per heavy atom. The number of amides is 1. The standard InChI is InChI=1S/C14H12BrNOS/c1-9-7-10-8-11(15)4-5-12(10)16(9)14(17)13-3-2-6-18-13/h2-6,8-9H,7H2,1H3/t9-/m0/s1. The third-order valence-electron chi connectivity index (χ3n) is 3.21. The zero-order valence-corrected chi connectivity index (χ0v) is 12.3. The van der Waals surface area contributed by atoms with E-state index in [2.05, 4.69) is 28.9 Å². The third kappa shape index (κ3) is 1.89. The van der Waals surface area contributed by atoms with Crippen LogP contribution < -0.4 is 4.90 Å². The summed E-state index contributed by atoms with van der Waals surface area (Å²) in [7, 11) is 0. The minimum atomic E-state index is 0.110. The van der Waals surface area contributed by atoms with Crippen LogP contribution in [-0.4, -0.2) is 11.9 Å². The minimum Gasteiger partial charge on any atom is -0.304 e. The number of nitrogens with zero attached hydrogens (tertiary/aromatic N) is 1. The molecule has 0 unspecified atom stereocenters. The van der Waals surface area contributed by atoms with Crippen LogP contribution in [0, 0.1) is 0 Å². The Kier molecular flexibility index (Phi) is 2.99. The topological polar surface area (TPSA) is 20.3 Å². The van der Waals surface area contributed by atoms with E-state index < -0.39 is 0 Å². The summed E-state index contributed by atoms with van der Waals surface area (Å²) in [5.41, 5.74) is 2.28. The van der Waals surface area contributed by atoms with Crippen molar-refractivity contribution in [3.63, 3.8) is 0 Å². The SMILES string of the molecule is C[C@H]1Cc2cc(Br)ccc2N1C(=O)c1cccs1. The van der Waals surface area contributed by atoms with E-state index in [0.717, 1.165) is 21.5 Å². The van der Waals surface area contributed by atoms with E-state index in [0.29, 0.717) is 0 Å². The summed E-state index contributed by atoms with van der Waals surface area (Å²) in [4.78, 5) is 15.2. The van der Waals surface area contributed by atoms with E-state index in [4.69, 9.17) is 0 Å². The molecule has 3 rings (SSSR count). The molecule has 1 aliphatic heterocycles. The second-order valence-electron chi connectivity index (χ2n) is 4.48. The molecule has 1 atom stereocenters. The lowest BCUT2D eigenvalue weighted by molar-refractivity contribution is 0.0985. The fourth-order valence-corrected chi connectivity index (χ4v) is 3.50. The molecular weight excluding hydrogens is 310 g/mol.